The molecule has 2 atom stereocenters. The van der Waals surface area contributed by atoms with E-state index < -0.39 is 0 Å². The highest BCUT2D eigenvalue weighted by molar-refractivity contribution is 5.74. The van der Waals surface area contributed by atoms with Crippen LogP contribution in [0.15, 0.2) is 0 Å². The summed E-state index contributed by atoms with van der Waals surface area (Å²) in [6, 6.07) is 0. The molecule has 9 heavy (non-hydrogen) atoms. The van der Waals surface area contributed by atoms with Gasteiger partial charge in [-0.2, -0.15) is 0 Å². The first-order chi connectivity index (χ1) is 4.24. The van der Waals surface area contributed by atoms with Crippen LogP contribution in [0.25, 0.3) is 0 Å². The summed E-state index contributed by atoms with van der Waals surface area (Å²) in [6.07, 6.45) is 2.07. The Morgan fingerprint density at radius 3 is 2.67 bits per heavy atom. The molecule has 0 bridgehead atoms. The third-order valence-corrected chi connectivity index (χ3v) is 1.76. The van der Waals surface area contributed by atoms with Gasteiger partial charge in [0.2, 0.25) is 0 Å². The molecular formula is C7H12O2. The van der Waals surface area contributed by atoms with Gasteiger partial charge in [-0.25, -0.2) is 0 Å². The lowest BCUT2D eigenvalue weighted by atomic mass is 10.1. The van der Waals surface area contributed by atoms with E-state index in [-0.39, 0.29) is 18.0 Å². The first-order valence-electron chi connectivity index (χ1n) is 3.44. The van der Waals surface area contributed by atoms with Gasteiger partial charge in [0.05, 0.1) is 5.92 Å². The van der Waals surface area contributed by atoms with Gasteiger partial charge >= 0.3 is 5.97 Å². The summed E-state index contributed by atoms with van der Waals surface area (Å²) >= 11 is 0. The van der Waals surface area contributed by atoms with Crippen LogP contribution < -0.4 is 0 Å². The third-order valence-electron chi connectivity index (χ3n) is 1.76. The largest absolute Gasteiger partial charge is 0.462 e. The average molecular weight is 128 g/mol. The fourth-order valence-electron chi connectivity index (χ4n) is 1.07. The van der Waals surface area contributed by atoms with Crippen LogP contribution in [0.5, 0.6) is 0 Å². The highest BCUT2D eigenvalue weighted by Crippen LogP contribution is 2.21. The molecule has 0 N–H and O–H groups in total. The Hall–Kier alpha value is -0.530. The van der Waals surface area contributed by atoms with Crippen LogP contribution in [0.1, 0.15) is 26.7 Å². The summed E-state index contributed by atoms with van der Waals surface area (Å²) in [4.78, 5) is 10.7. The van der Waals surface area contributed by atoms with E-state index in [1.165, 1.54) is 0 Å². The van der Waals surface area contributed by atoms with Crippen molar-refractivity contribution in [2.45, 2.75) is 32.8 Å². The van der Waals surface area contributed by atoms with Crippen molar-refractivity contribution < 1.29 is 9.53 Å². The van der Waals surface area contributed by atoms with Crippen molar-refractivity contribution >= 4 is 5.97 Å². The lowest BCUT2D eigenvalue weighted by molar-refractivity contribution is -0.143. The lowest BCUT2D eigenvalue weighted by Gasteiger charge is -2.01. The summed E-state index contributed by atoms with van der Waals surface area (Å²) in [5.74, 6) is 0.108. The fraction of sp³-hybridized carbons (Fsp3) is 0.857. The van der Waals surface area contributed by atoms with Gasteiger partial charge in [-0.1, -0.05) is 13.8 Å². The number of rotatable bonds is 1. The Kier molecular flexibility index (Phi) is 1.74. The molecule has 1 fully saturated rings. The minimum absolute atomic E-state index is 0.0261. The Bertz CT molecular complexity index is 120. The second-order valence-corrected chi connectivity index (χ2v) is 2.60. The van der Waals surface area contributed by atoms with Crippen LogP contribution >= 0.6 is 0 Å². The summed E-state index contributed by atoms with van der Waals surface area (Å²) < 4.78 is 4.98. The van der Waals surface area contributed by atoms with Gasteiger partial charge in [0, 0.05) is 0 Å². The van der Waals surface area contributed by atoms with Crippen LogP contribution in [0, 0.1) is 5.92 Å². The van der Waals surface area contributed by atoms with E-state index in [1.807, 2.05) is 13.8 Å². The molecule has 2 nitrogen and oxygen atoms in total. The molecule has 0 aliphatic carbocycles. The molecule has 1 saturated heterocycles. The van der Waals surface area contributed by atoms with Crippen LogP contribution in [-0.4, -0.2) is 12.1 Å². The molecule has 0 radical (unpaired) electrons. The molecule has 0 saturated carbocycles. The SMILES string of the molecule is CCC1C[C@H](C)C(=O)O1. The van der Waals surface area contributed by atoms with Crippen molar-refractivity contribution in [3.63, 3.8) is 0 Å². The number of ether oxygens (including phenoxy) is 1. The highest BCUT2D eigenvalue weighted by Gasteiger charge is 2.29. The Labute approximate surface area is 55.2 Å². The molecular weight excluding hydrogens is 116 g/mol. The molecule has 52 valence electrons. The molecule has 0 spiro atoms. The second-order valence-electron chi connectivity index (χ2n) is 2.60. The zero-order chi connectivity index (χ0) is 6.85. The van der Waals surface area contributed by atoms with E-state index in [4.69, 9.17) is 4.74 Å². The van der Waals surface area contributed by atoms with Crippen molar-refractivity contribution in [1.29, 1.82) is 0 Å². The quantitative estimate of drug-likeness (QED) is 0.498. The van der Waals surface area contributed by atoms with Crippen LogP contribution in [0.2, 0.25) is 0 Å². The van der Waals surface area contributed by atoms with Gasteiger partial charge in [0.25, 0.3) is 0 Å². The topological polar surface area (TPSA) is 26.3 Å². The maximum absolute atomic E-state index is 10.7. The molecule has 1 rings (SSSR count). The molecule has 1 aliphatic heterocycles. The zero-order valence-electron chi connectivity index (χ0n) is 5.89. The van der Waals surface area contributed by atoms with Crippen LogP contribution in [0.4, 0.5) is 0 Å². The molecule has 0 aromatic rings. The summed E-state index contributed by atoms with van der Waals surface area (Å²) in [6.45, 7) is 3.95. The van der Waals surface area contributed by atoms with Crippen LogP contribution in [0.3, 0.4) is 0 Å². The molecule has 2 heteroatoms. The Morgan fingerprint density at radius 1 is 1.78 bits per heavy atom. The predicted molar refractivity (Wildman–Crippen MR) is 34.0 cm³/mol. The molecule has 1 aliphatic rings. The fourth-order valence-corrected chi connectivity index (χ4v) is 1.07. The third kappa shape index (κ3) is 1.23. The monoisotopic (exact) mass is 128 g/mol. The molecule has 0 aromatic heterocycles. The van der Waals surface area contributed by atoms with Gasteiger partial charge in [-0.05, 0) is 12.8 Å². The number of esters is 1. The second kappa shape index (κ2) is 2.38. The lowest BCUT2D eigenvalue weighted by Crippen LogP contribution is -2.04. The number of hydrogen-bond donors (Lipinski definition) is 0. The van der Waals surface area contributed by atoms with E-state index in [2.05, 4.69) is 0 Å². The maximum Gasteiger partial charge on any atom is 0.309 e. The minimum atomic E-state index is -0.0261. The van der Waals surface area contributed by atoms with Gasteiger partial charge in [-0.15, -0.1) is 0 Å². The van der Waals surface area contributed by atoms with E-state index >= 15 is 0 Å². The molecule has 0 aromatic carbocycles. The number of cyclic esters (lactones) is 1. The van der Waals surface area contributed by atoms with E-state index in [1.54, 1.807) is 0 Å². The zero-order valence-corrected chi connectivity index (χ0v) is 5.89. The first-order valence-corrected chi connectivity index (χ1v) is 3.44. The molecule has 0 amide bonds. The smallest absolute Gasteiger partial charge is 0.309 e. The standard InChI is InChI=1S/C7H12O2/c1-3-6-4-5(2)7(8)9-6/h5-6H,3-4H2,1-2H3/t5-,6?/m0/s1. The summed E-state index contributed by atoms with van der Waals surface area (Å²) in [7, 11) is 0. The van der Waals surface area contributed by atoms with Gasteiger partial charge in [0.15, 0.2) is 0 Å². The van der Waals surface area contributed by atoms with Crippen molar-refractivity contribution in [3.8, 4) is 0 Å². The molecule has 1 heterocycles. The number of carbonyl (C=O) groups excluding carboxylic acids is 1. The number of hydrogen-bond acceptors (Lipinski definition) is 2. The van der Waals surface area contributed by atoms with E-state index in [0.29, 0.717) is 0 Å². The Morgan fingerprint density at radius 2 is 2.44 bits per heavy atom. The summed E-state index contributed by atoms with van der Waals surface area (Å²) in [5, 5.41) is 0. The van der Waals surface area contributed by atoms with Gasteiger partial charge in [0.1, 0.15) is 6.10 Å². The number of carbonyl (C=O) groups is 1. The maximum atomic E-state index is 10.7. The van der Waals surface area contributed by atoms with Crippen molar-refractivity contribution in [3.05, 3.63) is 0 Å². The van der Waals surface area contributed by atoms with Crippen molar-refractivity contribution in [1.82, 2.24) is 0 Å². The predicted octanol–water partition coefficient (Wildman–Crippen LogP) is 1.35. The van der Waals surface area contributed by atoms with E-state index in [9.17, 15) is 4.79 Å². The Balaban J connectivity index is 2.44. The van der Waals surface area contributed by atoms with Crippen molar-refractivity contribution in [2.75, 3.05) is 0 Å². The average Bonchev–Trinajstić information content (AvgIpc) is 2.13. The van der Waals surface area contributed by atoms with Crippen LogP contribution in [-0.2, 0) is 9.53 Å². The first kappa shape index (κ1) is 6.59. The van der Waals surface area contributed by atoms with E-state index in [0.717, 1.165) is 12.8 Å². The normalized spacial score (nSPS) is 34.7. The highest BCUT2D eigenvalue weighted by atomic mass is 16.5. The van der Waals surface area contributed by atoms with Crippen molar-refractivity contribution in [2.24, 2.45) is 5.92 Å². The molecule has 1 unspecified atom stereocenters. The van der Waals surface area contributed by atoms with Gasteiger partial charge < -0.3 is 4.74 Å². The summed E-state index contributed by atoms with van der Waals surface area (Å²) in [5.41, 5.74) is 0. The van der Waals surface area contributed by atoms with Gasteiger partial charge in [-0.3, -0.25) is 4.79 Å². The minimum Gasteiger partial charge on any atom is -0.462 e.